The summed E-state index contributed by atoms with van der Waals surface area (Å²) in [4.78, 5) is 0. The van der Waals surface area contributed by atoms with E-state index in [9.17, 15) is 0 Å². The van der Waals surface area contributed by atoms with Crippen molar-refractivity contribution in [2.45, 2.75) is 24.2 Å². The highest BCUT2D eigenvalue weighted by atomic mass is 31.2. The summed E-state index contributed by atoms with van der Waals surface area (Å²) in [7, 11) is -2.96. The lowest BCUT2D eigenvalue weighted by Gasteiger charge is -2.50. The van der Waals surface area contributed by atoms with E-state index in [1.54, 1.807) is 0 Å². The molecule has 0 unspecified atom stereocenters. The van der Waals surface area contributed by atoms with Crippen LogP contribution < -0.4 is 15.1 Å². The maximum absolute atomic E-state index is 5.39. The van der Waals surface area contributed by atoms with E-state index in [2.05, 4.69) is 156 Å². The quantitative estimate of drug-likeness (QED) is 0.150. The molecule has 0 radical (unpaired) electrons. The molecule has 0 amide bonds. The van der Waals surface area contributed by atoms with Crippen LogP contribution in [0.3, 0.4) is 0 Å². The molecule has 0 aromatic heterocycles. The zero-order chi connectivity index (χ0) is 25.8. The van der Waals surface area contributed by atoms with Crippen molar-refractivity contribution in [3.8, 4) is 0 Å². The van der Waals surface area contributed by atoms with Crippen molar-refractivity contribution in [2.75, 3.05) is 4.44 Å². The van der Waals surface area contributed by atoms with Gasteiger partial charge in [0, 0.05) is 10.6 Å². The zero-order valence-corrected chi connectivity index (χ0v) is 23.3. The van der Waals surface area contributed by atoms with E-state index in [1.807, 2.05) is 0 Å². The first kappa shape index (κ1) is 25.1. The van der Waals surface area contributed by atoms with Gasteiger partial charge in [0.1, 0.15) is 0 Å². The summed E-state index contributed by atoms with van der Waals surface area (Å²) >= 11 is 0. The molecule has 5 aromatic carbocycles. The Morgan fingerprint density at radius 1 is 0.500 bits per heavy atom. The lowest BCUT2D eigenvalue weighted by atomic mass is 10.0. The van der Waals surface area contributed by atoms with E-state index in [4.69, 9.17) is 6.66 Å². The van der Waals surface area contributed by atoms with Crippen molar-refractivity contribution in [3.05, 3.63) is 169 Å². The Labute approximate surface area is 229 Å². The Hall–Kier alpha value is -3.24. The molecule has 1 aliphatic heterocycles. The number of nitrogens with zero attached hydrogens (tertiary/aromatic N) is 1. The summed E-state index contributed by atoms with van der Waals surface area (Å²) in [5.41, 5.74) is 4.91. The first-order valence-corrected chi connectivity index (χ1v) is 16.7. The molecular formula is C35H33NP2. The monoisotopic (exact) mass is 529 g/mol. The fraction of sp³-hybridized carbons (Fsp3) is 0.114. The Kier molecular flexibility index (Phi) is 7.42. The van der Waals surface area contributed by atoms with Crippen LogP contribution >= 0.6 is 15.5 Å². The second kappa shape index (κ2) is 11.2. The number of anilines is 1. The molecule has 1 nitrogen and oxygen atoms in total. The molecular weight excluding hydrogens is 496 g/mol. The van der Waals surface area contributed by atoms with Gasteiger partial charge < -0.3 is 0 Å². The van der Waals surface area contributed by atoms with Crippen LogP contribution in [-0.2, 0) is 0 Å². The predicted molar refractivity (Wildman–Crippen MR) is 168 cm³/mol. The van der Waals surface area contributed by atoms with Gasteiger partial charge in [-0.2, -0.15) is 6.66 Å². The second-order valence-corrected chi connectivity index (χ2v) is 15.7. The third-order valence-electron chi connectivity index (χ3n) is 7.69. The number of benzene rings is 5. The molecule has 0 N–H and O–H groups in total. The topological polar surface area (TPSA) is 3.24 Å². The summed E-state index contributed by atoms with van der Waals surface area (Å²) < 4.78 is 2.83. The molecule has 3 heteroatoms. The van der Waals surface area contributed by atoms with E-state index < -0.39 is 15.5 Å². The Morgan fingerprint density at radius 3 is 1.24 bits per heavy atom. The number of rotatable bonds is 7. The van der Waals surface area contributed by atoms with E-state index in [0.29, 0.717) is 11.3 Å². The standard InChI is InChI=1S/C35H33NP2/c1-38(34(29-17-7-2-8-18-29)27-28-35(38)30-19-9-3-10-20-30)36(31-21-11-4-12-22-31)37(32-23-13-5-14-24-32)33-25-15-6-16-26-33/h2-26,34-35H,1,27-28H2/t34-,35-/m1/s1. The van der Waals surface area contributed by atoms with E-state index in [1.165, 1.54) is 27.4 Å². The van der Waals surface area contributed by atoms with Crippen LogP contribution in [0.4, 0.5) is 5.69 Å². The highest BCUT2D eigenvalue weighted by Gasteiger charge is 2.56. The molecule has 1 heterocycles. The van der Waals surface area contributed by atoms with Gasteiger partial charge >= 0.3 is 0 Å². The van der Waals surface area contributed by atoms with Crippen molar-refractivity contribution in [1.29, 1.82) is 0 Å². The molecule has 6 rings (SSSR count). The Bertz CT molecular complexity index is 1340. The van der Waals surface area contributed by atoms with Crippen LogP contribution in [0, 0.1) is 6.66 Å². The third kappa shape index (κ3) is 4.71. The number of hydrogen-bond acceptors (Lipinski definition) is 1. The van der Waals surface area contributed by atoms with Crippen LogP contribution in [-0.4, -0.2) is 0 Å². The average Bonchev–Trinajstić information content (AvgIpc) is 3.35. The highest BCUT2D eigenvalue weighted by Crippen LogP contribution is 2.89. The van der Waals surface area contributed by atoms with Crippen LogP contribution in [0.25, 0.3) is 0 Å². The molecule has 5 aromatic rings. The maximum atomic E-state index is 5.39. The van der Waals surface area contributed by atoms with Gasteiger partial charge in [0.25, 0.3) is 0 Å². The number of hydrogen-bond donors (Lipinski definition) is 0. The van der Waals surface area contributed by atoms with E-state index >= 15 is 0 Å². The summed E-state index contributed by atoms with van der Waals surface area (Å²) in [6.07, 6.45) is 2.30. The Morgan fingerprint density at radius 2 is 0.842 bits per heavy atom. The van der Waals surface area contributed by atoms with Gasteiger partial charge in [0.2, 0.25) is 0 Å². The minimum atomic E-state index is -2.09. The van der Waals surface area contributed by atoms with E-state index in [0.717, 1.165) is 12.8 Å². The summed E-state index contributed by atoms with van der Waals surface area (Å²) in [5.74, 6) is 0. The lowest BCUT2D eigenvalue weighted by Crippen LogP contribution is -2.30. The Balaban J connectivity index is 1.63. The minimum Gasteiger partial charge on any atom is -0.249 e. The van der Waals surface area contributed by atoms with Crippen molar-refractivity contribution < 1.29 is 0 Å². The van der Waals surface area contributed by atoms with Crippen molar-refractivity contribution in [1.82, 2.24) is 0 Å². The fourth-order valence-corrected chi connectivity index (χ4v) is 14.8. The minimum absolute atomic E-state index is 0.395. The van der Waals surface area contributed by atoms with Crippen LogP contribution in [0.5, 0.6) is 0 Å². The molecule has 38 heavy (non-hydrogen) atoms. The first-order chi connectivity index (χ1) is 18.8. The summed E-state index contributed by atoms with van der Waals surface area (Å²) in [5, 5.41) is 2.73. The van der Waals surface area contributed by atoms with Gasteiger partial charge in [-0.15, -0.1) is 0 Å². The molecule has 1 saturated heterocycles. The van der Waals surface area contributed by atoms with Gasteiger partial charge in [-0.05, 0) is 43.5 Å². The summed E-state index contributed by atoms with van der Waals surface area (Å²) in [6, 6.07) is 55.7. The van der Waals surface area contributed by atoms with Gasteiger partial charge in [-0.3, -0.25) is 0 Å². The normalized spacial score (nSPS) is 18.4. The van der Waals surface area contributed by atoms with Gasteiger partial charge in [0.15, 0.2) is 0 Å². The second-order valence-electron chi connectivity index (χ2n) is 9.92. The van der Waals surface area contributed by atoms with Crippen molar-refractivity contribution in [3.63, 3.8) is 0 Å². The van der Waals surface area contributed by atoms with Crippen LogP contribution in [0.15, 0.2) is 152 Å². The summed E-state index contributed by atoms with van der Waals surface area (Å²) in [6.45, 7) is 5.39. The van der Waals surface area contributed by atoms with Gasteiger partial charge in [0.05, 0.1) is 25.1 Å². The SMILES string of the molecule is [CH2-][P+]1(N(c2ccccc2)P(c2ccccc2)c2ccccc2)[C@@H](c2ccccc2)CC[C@@H]1c1ccccc1. The smallest absolute Gasteiger partial charge is 0.0922 e. The lowest BCUT2D eigenvalue weighted by molar-refractivity contribution is 0.765. The zero-order valence-electron chi connectivity index (χ0n) is 21.6. The largest absolute Gasteiger partial charge is 0.249 e. The van der Waals surface area contributed by atoms with Crippen molar-refractivity contribution >= 4 is 31.8 Å². The highest BCUT2D eigenvalue weighted by molar-refractivity contribution is 7.93. The van der Waals surface area contributed by atoms with Crippen molar-refractivity contribution in [2.24, 2.45) is 0 Å². The molecule has 2 atom stereocenters. The molecule has 1 fully saturated rings. The van der Waals surface area contributed by atoms with Gasteiger partial charge in [-0.1, -0.05) is 140 Å². The van der Waals surface area contributed by atoms with E-state index in [-0.39, 0.29) is 0 Å². The third-order valence-corrected chi connectivity index (χ3v) is 15.6. The maximum Gasteiger partial charge on any atom is 0.0922 e. The first-order valence-electron chi connectivity index (χ1n) is 13.4. The average molecular weight is 530 g/mol. The molecule has 0 aliphatic carbocycles. The van der Waals surface area contributed by atoms with Crippen LogP contribution in [0.2, 0.25) is 0 Å². The van der Waals surface area contributed by atoms with Crippen LogP contribution in [0.1, 0.15) is 35.3 Å². The molecule has 1 aliphatic rings. The number of para-hydroxylation sites is 1. The molecule has 0 spiro atoms. The fourth-order valence-electron chi connectivity index (χ4n) is 6.01. The molecule has 0 saturated carbocycles. The molecule has 188 valence electrons. The van der Waals surface area contributed by atoms with Gasteiger partial charge in [-0.25, -0.2) is 4.44 Å². The molecule has 0 bridgehead atoms. The predicted octanol–water partition coefficient (Wildman–Crippen LogP) is 9.54.